The van der Waals surface area contributed by atoms with Crippen LogP contribution in [0.3, 0.4) is 0 Å². The smallest absolute Gasteiger partial charge is 0.256 e. The van der Waals surface area contributed by atoms with Gasteiger partial charge in [-0.05, 0) is 43.0 Å². The van der Waals surface area contributed by atoms with Crippen molar-refractivity contribution in [3.05, 3.63) is 83.6 Å². The largest absolute Gasteiger partial charge is 0.493 e. The van der Waals surface area contributed by atoms with Crippen LogP contribution in [0.5, 0.6) is 11.5 Å². The number of carbonyl (C=O) groups is 2. The van der Waals surface area contributed by atoms with Crippen LogP contribution in [0.15, 0.2) is 77.5 Å². The third-order valence-electron chi connectivity index (χ3n) is 7.57. The van der Waals surface area contributed by atoms with Gasteiger partial charge in [0.05, 0.1) is 30.4 Å². The highest BCUT2D eigenvalue weighted by molar-refractivity contribution is 6.03. The number of aliphatic imine (C=N–C) groups is 1. The van der Waals surface area contributed by atoms with Crippen molar-refractivity contribution < 1.29 is 19.1 Å². The molecule has 8 nitrogen and oxygen atoms in total. The summed E-state index contributed by atoms with van der Waals surface area (Å²) in [7, 11) is 1.55. The molecule has 3 heterocycles. The standard InChI is InChI=1S/C30H30N4O4/c1-37-26-16-23-25(32-18-21-9-5-13-34(21)30(23)36)17-27(26)38-14-6-12-31-29(35)22-10-4-8-20-15-19-7-2-3-11-24(19)33-28(20)22/h2-4,6-8,10-12,16-18,20-21,28,33H,5,9,13-15H2,1H3,(H,31,35)/t20?,21-,28?/m0/s1. The Morgan fingerprint density at radius 2 is 2.16 bits per heavy atom. The summed E-state index contributed by atoms with van der Waals surface area (Å²) in [5.74, 6) is 1.01. The van der Waals surface area contributed by atoms with Crippen molar-refractivity contribution in [1.82, 2.24) is 10.2 Å². The summed E-state index contributed by atoms with van der Waals surface area (Å²) in [6, 6.07) is 11.6. The first-order chi connectivity index (χ1) is 18.6. The van der Waals surface area contributed by atoms with Crippen LogP contribution in [0, 0.1) is 5.92 Å². The Bertz CT molecular complexity index is 1390. The fraction of sp³-hybridized carbons (Fsp3) is 0.300. The molecule has 194 valence electrons. The van der Waals surface area contributed by atoms with Gasteiger partial charge in [-0.25, -0.2) is 0 Å². The Labute approximate surface area is 221 Å². The zero-order valence-corrected chi connectivity index (χ0v) is 21.2. The van der Waals surface area contributed by atoms with E-state index in [4.69, 9.17) is 9.47 Å². The summed E-state index contributed by atoms with van der Waals surface area (Å²) in [4.78, 5) is 32.4. The highest BCUT2D eigenvalue weighted by Gasteiger charge is 2.34. The first-order valence-corrected chi connectivity index (χ1v) is 13.0. The van der Waals surface area contributed by atoms with Gasteiger partial charge in [-0.1, -0.05) is 36.4 Å². The van der Waals surface area contributed by atoms with Crippen LogP contribution in [-0.2, 0) is 11.2 Å². The quantitative estimate of drug-likeness (QED) is 0.609. The van der Waals surface area contributed by atoms with E-state index in [2.05, 4.69) is 33.8 Å². The number of fused-ring (bicyclic) bond motifs is 4. The second-order valence-corrected chi connectivity index (χ2v) is 9.85. The van der Waals surface area contributed by atoms with Gasteiger partial charge in [0.1, 0.15) is 6.61 Å². The Morgan fingerprint density at radius 3 is 3.05 bits per heavy atom. The van der Waals surface area contributed by atoms with Crippen LogP contribution >= 0.6 is 0 Å². The molecule has 1 aliphatic carbocycles. The minimum atomic E-state index is -0.150. The number of hydrogen-bond acceptors (Lipinski definition) is 6. The van der Waals surface area contributed by atoms with Gasteiger partial charge in [0.2, 0.25) is 0 Å². The van der Waals surface area contributed by atoms with E-state index in [-0.39, 0.29) is 36.4 Å². The van der Waals surface area contributed by atoms with E-state index in [9.17, 15) is 9.59 Å². The number of methoxy groups -OCH3 is 1. The first kappa shape index (κ1) is 24.0. The number of anilines is 1. The van der Waals surface area contributed by atoms with E-state index in [0.29, 0.717) is 28.3 Å². The lowest BCUT2D eigenvalue weighted by molar-refractivity contribution is -0.116. The van der Waals surface area contributed by atoms with Crippen LogP contribution in [0.1, 0.15) is 28.8 Å². The molecular formula is C30H30N4O4. The second kappa shape index (κ2) is 10.2. The molecule has 6 rings (SSSR count). The van der Waals surface area contributed by atoms with Gasteiger partial charge < -0.3 is 25.0 Å². The molecule has 0 saturated carbocycles. The van der Waals surface area contributed by atoms with E-state index >= 15 is 0 Å². The zero-order chi connectivity index (χ0) is 26.1. The number of hydrogen-bond donors (Lipinski definition) is 2. The normalized spacial score (nSPS) is 23.0. The number of benzene rings is 2. The van der Waals surface area contributed by atoms with Gasteiger partial charge in [-0.2, -0.15) is 0 Å². The summed E-state index contributed by atoms with van der Waals surface area (Å²) >= 11 is 0. The molecule has 38 heavy (non-hydrogen) atoms. The van der Waals surface area contributed by atoms with E-state index in [0.717, 1.165) is 31.5 Å². The molecule has 2 N–H and O–H groups in total. The van der Waals surface area contributed by atoms with E-state index < -0.39 is 0 Å². The van der Waals surface area contributed by atoms with Crippen molar-refractivity contribution in [2.24, 2.45) is 10.9 Å². The number of nitrogens with zero attached hydrogens (tertiary/aromatic N) is 2. The van der Waals surface area contributed by atoms with Crippen molar-refractivity contribution in [2.75, 3.05) is 25.6 Å². The summed E-state index contributed by atoms with van der Waals surface area (Å²) in [5, 5.41) is 6.39. The SMILES string of the molecule is COc1cc2c(cc1OCC=CNC(=O)C1=CC=CC3Cc4ccccc4NC13)N=C[C@@H]1CCCN1C2=O. The number of amides is 2. The molecule has 3 atom stereocenters. The lowest BCUT2D eigenvalue weighted by atomic mass is 9.80. The molecule has 4 aliphatic rings. The second-order valence-electron chi connectivity index (χ2n) is 9.85. The zero-order valence-electron chi connectivity index (χ0n) is 21.2. The summed E-state index contributed by atoms with van der Waals surface area (Å²) in [6.07, 6.45) is 14.0. The minimum absolute atomic E-state index is 0.0301. The van der Waals surface area contributed by atoms with Crippen LogP contribution in [0.2, 0.25) is 0 Å². The maximum absolute atomic E-state index is 13.0. The molecule has 3 aliphatic heterocycles. The molecule has 2 amide bonds. The Kier molecular flexibility index (Phi) is 6.45. The average molecular weight is 511 g/mol. The molecule has 1 fully saturated rings. The minimum Gasteiger partial charge on any atom is -0.493 e. The number of allylic oxidation sites excluding steroid dienone is 2. The predicted molar refractivity (Wildman–Crippen MR) is 146 cm³/mol. The van der Waals surface area contributed by atoms with Crippen LogP contribution < -0.4 is 20.1 Å². The predicted octanol–water partition coefficient (Wildman–Crippen LogP) is 4.17. The van der Waals surface area contributed by atoms with Crippen molar-refractivity contribution in [1.29, 1.82) is 0 Å². The summed E-state index contributed by atoms with van der Waals surface area (Å²) in [6.45, 7) is 0.947. The average Bonchev–Trinajstić information content (AvgIpc) is 3.38. The molecule has 2 aromatic rings. The van der Waals surface area contributed by atoms with Crippen molar-refractivity contribution >= 4 is 29.4 Å². The highest BCUT2D eigenvalue weighted by atomic mass is 16.5. The fourth-order valence-corrected chi connectivity index (χ4v) is 5.62. The van der Waals surface area contributed by atoms with Gasteiger partial charge >= 0.3 is 0 Å². The van der Waals surface area contributed by atoms with E-state index in [1.165, 1.54) is 5.56 Å². The molecule has 1 saturated heterocycles. The monoisotopic (exact) mass is 510 g/mol. The van der Waals surface area contributed by atoms with Crippen LogP contribution in [0.4, 0.5) is 11.4 Å². The molecule has 0 bridgehead atoms. The van der Waals surface area contributed by atoms with Crippen LogP contribution in [-0.4, -0.2) is 55.3 Å². The lowest BCUT2D eigenvalue weighted by Crippen LogP contribution is -2.41. The molecule has 2 unspecified atom stereocenters. The third kappa shape index (κ3) is 4.47. The number of nitrogens with one attached hydrogen (secondary N) is 2. The maximum Gasteiger partial charge on any atom is 0.256 e. The van der Waals surface area contributed by atoms with Gasteiger partial charge in [0, 0.05) is 42.2 Å². The van der Waals surface area contributed by atoms with Crippen molar-refractivity contribution in [3.63, 3.8) is 0 Å². The number of carbonyl (C=O) groups excluding carboxylic acids is 2. The lowest BCUT2D eigenvalue weighted by Gasteiger charge is -2.35. The molecule has 0 aromatic heterocycles. The Morgan fingerprint density at radius 1 is 1.26 bits per heavy atom. The maximum atomic E-state index is 13.0. The number of para-hydroxylation sites is 1. The first-order valence-electron chi connectivity index (χ1n) is 13.0. The molecule has 0 spiro atoms. The van der Waals surface area contributed by atoms with Crippen LogP contribution in [0.25, 0.3) is 0 Å². The topological polar surface area (TPSA) is 92.3 Å². The Balaban J connectivity index is 1.09. The van der Waals surface area contributed by atoms with Crippen molar-refractivity contribution in [3.8, 4) is 11.5 Å². The van der Waals surface area contributed by atoms with E-state index in [1.54, 1.807) is 31.5 Å². The summed E-state index contributed by atoms with van der Waals surface area (Å²) < 4.78 is 11.4. The molecular weight excluding hydrogens is 480 g/mol. The Hall–Kier alpha value is -4.33. The number of rotatable bonds is 6. The van der Waals surface area contributed by atoms with Gasteiger partial charge in [-0.3, -0.25) is 14.6 Å². The molecule has 2 aromatic carbocycles. The summed E-state index contributed by atoms with van der Waals surface area (Å²) in [5.41, 5.74) is 4.14. The highest BCUT2D eigenvalue weighted by Crippen LogP contribution is 2.38. The third-order valence-corrected chi connectivity index (χ3v) is 7.57. The molecule has 8 heteroatoms. The van der Waals surface area contributed by atoms with Gasteiger partial charge in [-0.15, -0.1) is 0 Å². The number of ether oxygens (including phenoxy) is 2. The van der Waals surface area contributed by atoms with Gasteiger partial charge in [0.25, 0.3) is 11.8 Å². The van der Waals surface area contributed by atoms with Gasteiger partial charge in [0.15, 0.2) is 11.5 Å². The van der Waals surface area contributed by atoms with Crippen molar-refractivity contribution in [2.45, 2.75) is 31.3 Å². The van der Waals surface area contributed by atoms with E-state index in [1.807, 2.05) is 35.4 Å². The molecule has 0 radical (unpaired) electrons. The fourth-order valence-electron chi connectivity index (χ4n) is 5.62.